The minimum absolute atomic E-state index is 0.0491. The molecular weight excluding hydrogens is 256 g/mol. The second-order valence-corrected chi connectivity index (χ2v) is 5.69. The summed E-state index contributed by atoms with van der Waals surface area (Å²) in [6.45, 7) is 4.11. The predicted molar refractivity (Wildman–Crippen MR) is 66.3 cm³/mol. The Balaban J connectivity index is 2.43. The van der Waals surface area contributed by atoms with Gasteiger partial charge in [0.05, 0.1) is 4.83 Å². The summed E-state index contributed by atoms with van der Waals surface area (Å²) in [6, 6.07) is 0.361. The molecule has 15 heavy (non-hydrogen) atoms. The summed E-state index contributed by atoms with van der Waals surface area (Å²) < 4.78 is 0. The van der Waals surface area contributed by atoms with Crippen LogP contribution in [0.2, 0.25) is 0 Å². The van der Waals surface area contributed by atoms with Gasteiger partial charge in [-0.3, -0.25) is 4.79 Å². The Morgan fingerprint density at radius 3 is 2.87 bits per heavy atom. The third kappa shape index (κ3) is 3.76. The quantitative estimate of drug-likeness (QED) is 0.730. The molecule has 88 valence electrons. The number of nitrogens with zero attached hydrogens (tertiary/aromatic N) is 2. The van der Waals surface area contributed by atoms with Crippen molar-refractivity contribution in [1.29, 1.82) is 0 Å². The summed E-state index contributed by atoms with van der Waals surface area (Å²) >= 11 is 3.44. The molecule has 0 bridgehead atoms. The molecule has 1 saturated heterocycles. The lowest BCUT2D eigenvalue weighted by Crippen LogP contribution is -2.47. The third-order valence-electron chi connectivity index (χ3n) is 2.93. The van der Waals surface area contributed by atoms with Crippen molar-refractivity contribution in [3.8, 4) is 0 Å². The summed E-state index contributed by atoms with van der Waals surface area (Å²) in [7, 11) is 4.13. The second kappa shape index (κ2) is 5.85. The SMILES string of the molecule is CC(CCN(C)C)N1CCCC(Br)C1=O. The Labute approximate surface area is 101 Å². The number of alkyl halides is 1. The lowest BCUT2D eigenvalue weighted by atomic mass is 10.1. The van der Waals surface area contributed by atoms with E-state index in [1.807, 2.05) is 4.90 Å². The molecule has 0 saturated carbocycles. The van der Waals surface area contributed by atoms with Gasteiger partial charge in [-0.25, -0.2) is 0 Å². The zero-order valence-corrected chi connectivity index (χ0v) is 11.5. The van der Waals surface area contributed by atoms with Gasteiger partial charge in [0, 0.05) is 12.6 Å². The van der Waals surface area contributed by atoms with Gasteiger partial charge in [0.2, 0.25) is 5.91 Å². The van der Waals surface area contributed by atoms with E-state index >= 15 is 0 Å². The summed E-state index contributed by atoms with van der Waals surface area (Å²) in [4.78, 5) is 16.1. The van der Waals surface area contributed by atoms with Gasteiger partial charge in [0.15, 0.2) is 0 Å². The van der Waals surface area contributed by atoms with Crippen molar-refractivity contribution < 1.29 is 4.79 Å². The Morgan fingerprint density at radius 1 is 1.60 bits per heavy atom. The van der Waals surface area contributed by atoms with E-state index in [2.05, 4.69) is 41.8 Å². The maximum absolute atomic E-state index is 11.9. The molecule has 1 heterocycles. The van der Waals surface area contributed by atoms with Crippen molar-refractivity contribution >= 4 is 21.8 Å². The van der Waals surface area contributed by atoms with E-state index in [-0.39, 0.29) is 10.7 Å². The first-order chi connectivity index (χ1) is 7.02. The number of carbonyl (C=O) groups is 1. The molecule has 2 atom stereocenters. The topological polar surface area (TPSA) is 23.6 Å². The van der Waals surface area contributed by atoms with Crippen molar-refractivity contribution in [2.45, 2.75) is 37.1 Å². The minimum atomic E-state index is 0.0491. The van der Waals surface area contributed by atoms with Crippen LogP contribution in [-0.2, 0) is 4.79 Å². The monoisotopic (exact) mass is 276 g/mol. The fourth-order valence-electron chi connectivity index (χ4n) is 1.89. The van der Waals surface area contributed by atoms with Crippen LogP contribution in [0.15, 0.2) is 0 Å². The third-order valence-corrected chi connectivity index (χ3v) is 3.78. The second-order valence-electron chi connectivity index (χ2n) is 4.58. The molecule has 2 unspecified atom stereocenters. The molecule has 1 aliphatic rings. The van der Waals surface area contributed by atoms with Crippen LogP contribution in [-0.4, -0.2) is 53.8 Å². The highest BCUT2D eigenvalue weighted by molar-refractivity contribution is 9.10. The fraction of sp³-hybridized carbons (Fsp3) is 0.909. The molecule has 0 radical (unpaired) electrons. The van der Waals surface area contributed by atoms with Crippen LogP contribution in [0.3, 0.4) is 0 Å². The van der Waals surface area contributed by atoms with E-state index in [4.69, 9.17) is 0 Å². The van der Waals surface area contributed by atoms with E-state index in [1.165, 1.54) is 0 Å². The summed E-state index contributed by atoms with van der Waals surface area (Å²) in [5.41, 5.74) is 0. The van der Waals surface area contributed by atoms with Crippen LogP contribution in [0, 0.1) is 0 Å². The molecular formula is C11H21BrN2O. The van der Waals surface area contributed by atoms with E-state index in [1.54, 1.807) is 0 Å². The van der Waals surface area contributed by atoms with E-state index in [9.17, 15) is 4.79 Å². The van der Waals surface area contributed by atoms with Gasteiger partial charge in [-0.1, -0.05) is 15.9 Å². The number of hydrogen-bond acceptors (Lipinski definition) is 2. The predicted octanol–water partition coefficient (Wildman–Crippen LogP) is 1.71. The highest BCUT2D eigenvalue weighted by atomic mass is 79.9. The number of rotatable bonds is 4. The average Bonchev–Trinajstić information content (AvgIpc) is 2.18. The van der Waals surface area contributed by atoms with Crippen LogP contribution < -0.4 is 0 Å². The van der Waals surface area contributed by atoms with Crippen LogP contribution >= 0.6 is 15.9 Å². The molecule has 1 rings (SSSR count). The van der Waals surface area contributed by atoms with Gasteiger partial charge < -0.3 is 9.80 Å². The van der Waals surface area contributed by atoms with Crippen molar-refractivity contribution in [2.75, 3.05) is 27.2 Å². The van der Waals surface area contributed by atoms with Crippen molar-refractivity contribution in [3.63, 3.8) is 0 Å². The number of piperidine rings is 1. The summed E-state index contributed by atoms with van der Waals surface area (Å²) in [5, 5.41) is 0. The Hall–Kier alpha value is -0.0900. The molecule has 4 heteroatoms. The lowest BCUT2D eigenvalue weighted by molar-refractivity contribution is -0.134. The molecule has 0 aromatic rings. The molecule has 1 amide bonds. The Morgan fingerprint density at radius 2 is 2.27 bits per heavy atom. The van der Waals surface area contributed by atoms with Crippen LogP contribution in [0.25, 0.3) is 0 Å². The van der Waals surface area contributed by atoms with Gasteiger partial charge in [-0.05, 0) is 46.8 Å². The number of halogens is 1. The van der Waals surface area contributed by atoms with Crippen LogP contribution in [0.5, 0.6) is 0 Å². The van der Waals surface area contributed by atoms with Crippen LogP contribution in [0.4, 0.5) is 0 Å². The first-order valence-electron chi connectivity index (χ1n) is 5.61. The van der Waals surface area contributed by atoms with Gasteiger partial charge in [0.1, 0.15) is 0 Å². The zero-order valence-electron chi connectivity index (χ0n) is 9.87. The number of carbonyl (C=O) groups excluding carboxylic acids is 1. The molecule has 1 aliphatic heterocycles. The minimum Gasteiger partial charge on any atom is -0.339 e. The van der Waals surface area contributed by atoms with Crippen molar-refractivity contribution in [2.24, 2.45) is 0 Å². The molecule has 0 N–H and O–H groups in total. The molecule has 0 aromatic heterocycles. The summed E-state index contributed by atoms with van der Waals surface area (Å²) in [5.74, 6) is 0.271. The highest BCUT2D eigenvalue weighted by Gasteiger charge is 2.29. The molecule has 0 aromatic carbocycles. The Bertz CT molecular complexity index is 221. The molecule has 3 nitrogen and oxygen atoms in total. The van der Waals surface area contributed by atoms with Crippen LogP contribution in [0.1, 0.15) is 26.2 Å². The first kappa shape index (κ1) is 13.0. The maximum Gasteiger partial charge on any atom is 0.236 e. The average molecular weight is 277 g/mol. The summed E-state index contributed by atoms with van der Waals surface area (Å²) in [6.07, 6.45) is 3.15. The largest absolute Gasteiger partial charge is 0.339 e. The zero-order chi connectivity index (χ0) is 11.4. The van der Waals surface area contributed by atoms with Gasteiger partial charge in [0.25, 0.3) is 0 Å². The van der Waals surface area contributed by atoms with Crippen molar-refractivity contribution in [1.82, 2.24) is 9.80 Å². The smallest absolute Gasteiger partial charge is 0.236 e. The van der Waals surface area contributed by atoms with Crippen molar-refractivity contribution in [3.05, 3.63) is 0 Å². The fourth-order valence-corrected chi connectivity index (χ4v) is 2.48. The standard InChI is InChI=1S/C11H21BrN2O/c1-9(6-8-13(2)3)14-7-4-5-10(12)11(14)15/h9-10H,4-8H2,1-3H3. The van der Waals surface area contributed by atoms with Gasteiger partial charge >= 0.3 is 0 Å². The number of likely N-dealkylation sites (tertiary alicyclic amines) is 1. The maximum atomic E-state index is 11.9. The van der Waals surface area contributed by atoms with Gasteiger partial charge in [-0.2, -0.15) is 0 Å². The van der Waals surface area contributed by atoms with E-state index < -0.39 is 0 Å². The normalized spacial score (nSPS) is 24.7. The van der Waals surface area contributed by atoms with Gasteiger partial charge in [-0.15, -0.1) is 0 Å². The molecule has 1 fully saturated rings. The first-order valence-corrected chi connectivity index (χ1v) is 6.53. The molecule has 0 spiro atoms. The highest BCUT2D eigenvalue weighted by Crippen LogP contribution is 2.21. The van der Waals surface area contributed by atoms with E-state index in [0.29, 0.717) is 6.04 Å². The lowest BCUT2D eigenvalue weighted by Gasteiger charge is -2.35. The number of hydrogen-bond donors (Lipinski definition) is 0. The number of amides is 1. The Kier molecular flexibility index (Phi) is 5.06. The van der Waals surface area contributed by atoms with E-state index in [0.717, 1.165) is 32.4 Å². The molecule has 0 aliphatic carbocycles.